The lowest BCUT2D eigenvalue weighted by Crippen LogP contribution is -2.29. The van der Waals surface area contributed by atoms with Gasteiger partial charge in [-0.3, -0.25) is 0 Å². The molecule has 1 aliphatic carbocycles. The first kappa shape index (κ1) is 11.9. The van der Waals surface area contributed by atoms with Gasteiger partial charge in [0, 0.05) is 35.3 Å². The van der Waals surface area contributed by atoms with Gasteiger partial charge in [0.25, 0.3) is 0 Å². The second-order valence-corrected chi connectivity index (χ2v) is 5.87. The van der Waals surface area contributed by atoms with Gasteiger partial charge in [-0.1, -0.05) is 0 Å². The van der Waals surface area contributed by atoms with E-state index in [1.807, 2.05) is 12.4 Å². The van der Waals surface area contributed by atoms with Gasteiger partial charge in [-0.15, -0.1) is 11.3 Å². The predicted octanol–water partition coefficient (Wildman–Crippen LogP) is 3.38. The van der Waals surface area contributed by atoms with Gasteiger partial charge in [0.05, 0.1) is 5.69 Å². The van der Waals surface area contributed by atoms with Crippen LogP contribution in [0.5, 0.6) is 0 Å². The zero-order valence-corrected chi connectivity index (χ0v) is 11.5. The minimum absolute atomic E-state index is 0.665. The maximum atomic E-state index is 4.81. The van der Waals surface area contributed by atoms with Crippen molar-refractivity contribution < 1.29 is 0 Å². The molecule has 18 heavy (non-hydrogen) atoms. The van der Waals surface area contributed by atoms with Crippen molar-refractivity contribution in [2.45, 2.75) is 37.6 Å². The number of aromatic nitrogens is 2. The first-order valence-electron chi connectivity index (χ1n) is 6.62. The quantitative estimate of drug-likeness (QED) is 0.889. The van der Waals surface area contributed by atoms with E-state index in [1.54, 1.807) is 11.3 Å². The average Bonchev–Trinajstić information content (AvgIpc) is 3.09. The fraction of sp³-hybridized carbons (Fsp3) is 0.500. The maximum Gasteiger partial charge on any atom is 0.125 e. The average molecular weight is 261 g/mol. The molecule has 4 heteroatoms. The summed E-state index contributed by atoms with van der Waals surface area (Å²) < 4.78 is 0. The third-order valence-corrected chi connectivity index (χ3v) is 4.83. The monoisotopic (exact) mass is 261 g/mol. The highest BCUT2D eigenvalue weighted by molar-refractivity contribution is 7.13. The van der Waals surface area contributed by atoms with Crippen molar-refractivity contribution in [2.24, 2.45) is 0 Å². The fourth-order valence-corrected chi connectivity index (χ4v) is 3.64. The summed E-state index contributed by atoms with van der Waals surface area (Å²) in [7, 11) is 2.07. The van der Waals surface area contributed by atoms with Crippen molar-refractivity contribution in [3.63, 3.8) is 0 Å². The van der Waals surface area contributed by atoms with Crippen molar-refractivity contribution >= 4 is 11.3 Å². The fourth-order valence-electron chi connectivity index (χ4n) is 2.74. The summed E-state index contributed by atoms with van der Waals surface area (Å²) in [6, 6.07) is 2.80. The van der Waals surface area contributed by atoms with Gasteiger partial charge in [-0.2, -0.15) is 0 Å². The summed E-state index contributed by atoms with van der Waals surface area (Å²) in [4.78, 5) is 7.89. The summed E-state index contributed by atoms with van der Waals surface area (Å²) >= 11 is 1.76. The number of rotatable bonds is 3. The van der Waals surface area contributed by atoms with E-state index in [-0.39, 0.29) is 0 Å². The molecule has 2 aromatic heterocycles. The van der Waals surface area contributed by atoms with Crippen LogP contribution in [0, 0.1) is 0 Å². The second-order valence-electron chi connectivity index (χ2n) is 5.01. The van der Waals surface area contributed by atoms with E-state index in [0.717, 1.165) is 5.01 Å². The zero-order valence-electron chi connectivity index (χ0n) is 10.6. The third-order valence-electron chi connectivity index (χ3n) is 3.92. The number of nitrogens with zero attached hydrogens (tertiary/aromatic N) is 1. The molecule has 0 bridgehead atoms. The van der Waals surface area contributed by atoms with Crippen LogP contribution in [0.1, 0.15) is 37.3 Å². The lowest BCUT2D eigenvalue weighted by atomic mass is 9.84. The van der Waals surface area contributed by atoms with E-state index in [9.17, 15) is 0 Å². The predicted molar refractivity (Wildman–Crippen MR) is 76.0 cm³/mol. The Morgan fingerprint density at radius 3 is 2.83 bits per heavy atom. The Hall–Kier alpha value is -1.13. The van der Waals surface area contributed by atoms with E-state index in [1.165, 1.54) is 36.9 Å². The molecule has 0 aromatic carbocycles. The molecule has 3 nitrogen and oxygen atoms in total. The summed E-state index contributed by atoms with van der Waals surface area (Å²) in [5.41, 5.74) is 2.50. The molecule has 1 saturated carbocycles. The van der Waals surface area contributed by atoms with E-state index in [2.05, 4.69) is 28.8 Å². The Morgan fingerprint density at radius 1 is 1.33 bits per heavy atom. The lowest BCUT2D eigenvalue weighted by Gasteiger charge is -2.27. The maximum absolute atomic E-state index is 4.81. The molecular weight excluding hydrogens is 242 g/mol. The lowest BCUT2D eigenvalue weighted by molar-refractivity contribution is 0.355. The van der Waals surface area contributed by atoms with Gasteiger partial charge in [0.1, 0.15) is 5.01 Å². The van der Waals surface area contributed by atoms with Crippen LogP contribution < -0.4 is 5.32 Å². The Balaban J connectivity index is 1.71. The minimum atomic E-state index is 0.665. The molecule has 96 valence electrons. The second kappa shape index (κ2) is 5.24. The van der Waals surface area contributed by atoms with E-state index < -0.39 is 0 Å². The molecule has 0 amide bonds. The molecule has 0 unspecified atom stereocenters. The van der Waals surface area contributed by atoms with Gasteiger partial charge in [-0.05, 0) is 38.8 Å². The summed E-state index contributed by atoms with van der Waals surface area (Å²) in [6.07, 6.45) is 9.05. The first-order chi connectivity index (χ1) is 8.86. The number of aromatic amines is 1. The number of hydrogen-bond donors (Lipinski definition) is 2. The van der Waals surface area contributed by atoms with Crippen molar-refractivity contribution in [2.75, 3.05) is 7.05 Å². The molecule has 2 N–H and O–H groups in total. The number of thiazole rings is 1. The molecule has 2 aromatic rings. The van der Waals surface area contributed by atoms with Crippen molar-refractivity contribution in [3.8, 4) is 10.6 Å². The summed E-state index contributed by atoms with van der Waals surface area (Å²) in [5, 5.41) is 6.77. The smallest absolute Gasteiger partial charge is 0.125 e. The third kappa shape index (κ3) is 2.35. The highest BCUT2D eigenvalue weighted by atomic mass is 32.1. The Kier molecular flexibility index (Phi) is 3.48. The number of nitrogens with one attached hydrogen (secondary N) is 2. The van der Waals surface area contributed by atoms with Crippen LogP contribution in [-0.4, -0.2) is 23.1 Å². The molecule has 3 rings (SSSR count). The van der Waals surface area contributed by atoms with Gasteiger partial charge in [-0.25, -0.2) is 4.98 Å². The van der Waals surface area contributed by atoms with Gasteiger partial charge in [0.2, 0.25) is 0 Å². The molecule has 1 fully saturated rings. The molecule has 1 aliphatic rings. The van der Waals surface area contributed by atoms with Crippen LogP contribution in [0.3, 0.4) is 0 Å². The molecule has 0 spiro atoms. The molecule has 2 heterocycles. The van der Waals surface area contributed by atoms with Crippen LogP contribution in [0.4, 0.5) is 0 Å². The Bertz CT molecular complexity index is 481. The molecule has 0 atom stereocenters. The van der Waals surface area contributed by atoms with Crippen molar-refractivity contribution in [1.82, 2.24) is 15.3 Å². The van der Waals surface area contributed by atoms with Crippen molar-refractivity contribution in [3.05, 3.63) is 29.5 Å². The summed E-state index contributed by atoms with van der Waals surface area (Å²) in [5.74, 6) is 0.665. The molecular formula is C14H19N3S. The van der Waals surface area contributed by atoms with Gasteiger partial charge >= 0.3 is 0 Å². The largest absolute Gasteiger partial charge is 0.367 e. The van der Waals surface area contributed by atoms with Crippen LogP contribution in [0.15, 0.2) is 23.8 Å². The highest BCUT2D eigenvalue weighted by Crippen LogP contribution is 2.35. The Labute approximate surface area is 112 Å². The van der Waals surface area contributed by atoms with Crippen molar-refractivity contribution in [1.29, 1.82) is 0 Å². The summed E-state index contributed by atoms with van der Waals surface area (Å²) in [6.45, 7) is 0. The van der Waals surface area contributed by atoms with Gasteiger partial charge < -0.3 is 10.3 Å². The molecule has 0 aliphatic heterocycles. The normalized spacial score (nSPS) is 24.3. The zero-order chi connectivity index (χ0) is 12.4. The van der Waals surface area contributed by atoms with Crippen LogP contribution >= 0.6 is 11.3 Å². The topological polar surface area (TPSA) is 40.7 Å². The first-order valence-corrected chi connectivity index (χ1v) is 7.50. The van der Waals surface area contributed by atoms with Crippen LogP contribution in [0.25, 0.3) is 10.6 Å². The standard InChI is InChI=1S/C14H19N3S/c1-15-12-4-2-10(3-5-12)13-9-18-14(17-13)11-6-7-16-8-11/h6-10,12,15-16H,2-5H2,1H3. The van der Waals surface area contributed by atoms with Crippen LogP contribution in [-0.2, 0) is 0 Å². The SMILES string of the molecule is CNC1CCC(c2csc(-c3cc[nH]c3)n2)CC1. The van der Waals surface area contributed by atoms with E-state index >= 15 is 0 Å². The molecule has 0 radical (unpaired) electrons. The van der Waals surface area contributed by atoms with E-state index in [0.29, 0.717) is 12.0 Å². The van der Waals surface area contributed by atoms with Gasteiger partial charge in [0.15, 0.2) is 0 Å². The van der Waals surface area contributed by atoms with E-state index in [4.69, 9.17) is 4.98 Å². The number of hydrogen-bond acceptors (Lipinski definition) is 3. The van der Waals surface area contributed by atoms with Crippen LogP contribution in [0.2, 0.25) is 0 Å². The molecule has 0 saturated heterocycles. The Morgan fingerprint density at radius 2 is 2.17 bits per heavy atom. The minimum Gasteiger partial charge on any atom is -0.367 e. The number of H-pyrrole nitrogens is 1. The highest BCUT2D eigenvalue weighted by Gasteiger charge is 2.23.